The zero-order valence-electron chi connectivity index (χ0n) is 12.4. The van der Waals surface area contributed by atoms with Gasteiger partial charge in [-0.3, -0.25) is 0 Å². The molecule has 0 aliphatic heterocycles. The average molecular weight is 298 g/mol. The molecule has 3 aliphatic rings. The first-order chi connectivity index (χ1) is 9.15. The van der Waals surface area contributed by atoms with Crippen LogP contribution in [0.3, 0.4) is 0 Å². The van der Waals surface area contributed by atoms with Crippen LogP contribution < -0.4 is 0 Å². The van der Waals surface area contributed by atoms with E-state index in [-0.39, 0.29) is 18.2 Å². The molecule has 1 nitrogen and oxygen atoms in total. The summed E-state index contributed by atoms with van der Waals surface area (Å²) in [7, 11) is 4.34. The molecule has 3 saturated carbocycles. The summed E-state index contributed by atoms with van der Waals surface area (Å²) in [5.74, 6) is 2.99. The number of nitrogens with zero attached hydrogens (tertiary/aromatic N) is 1. The van der Waals surface area contributed by atoms with Gasteiger partial charge >= 0.3 is 0 Å². The van der Waals surface area contributed by atoms with E-state index < -0.39 is 0 Å². The van der Waals surface area contributed by atoms with E-state index in [0.717, 1.165) is 17.8 Å². The van der Waals surface area contributed by atoms with E-state index in [1.165, 1.54) is 37.8 Å². The van der Waals surface area contributed by atoms with E-state index in [1.807, 2.05) is 12.1 Å². The van der Waals surface area contributed by atoms with Gasteiger partial charge in [-0.05, 0) is 81.1 Å². The Balaban J connectivity index is 0.00000147. The van der Waals surface area contributed by atoms with Crippen molar-refractivity contribution in [1.82, 2.24) is 4.90 Å². The fraction of sp³-hybridized carbons (Fsp3) is 0.647. The van der Waals surface area contributed by atoms with Crippen LogP contribution in [-0.4, -0.2) is 25.5 Å². The second kappa shape index (κ2) is 6.44. The molecule has 3 aliphatic carbocycles. The summed E-state index contributed by atoms with van der Waals surface area (Å²) in [5.41, 5.74) is 1.36. The van der Waals surface area contributed by atoms with Crippen LogP contribution in [0, 0.1) is 23.6 Å². The number of hydrogen-bond acceptors (Lipinski definition) is 1. The van der Waals surface area contributed by atoms with Gasteiger partial charge in [0, 0.05) is 6.54 Å². The minimum absolute atomic E-state index is 0. The molecule has 0 heterocycles. The molecule has 1 aromatic rings. The fourth-order valence-corrected chi connectivity index (χ4v) is 4.46. The van der Waals surface area contributed by atoms with E-state index in [0.29, 0.717) is 5.92 Å². The van der Waals surface area contributed by atoms with Gasteiger partial charge in [0.25, 0.3) is 0 Å². The summed E-state index contributed by atoms with van der Waals surface area (Å²) in [6.07, 6.45) is 5.55. The van der Waals surface area contributed by atoms with Gasteiger partial charge in [-0.1, -0.05) is 12.1 Å². The molecule has 3 heteroatoms. The quantitative estimate of drug-likeness (QED) is 0.803. The highest BCUT2D eigenvalue weighted by Gasteiger charge is 2.43. The molecular formula is C17H25ClFN. The van der Waals surface area contributed by atoms with Crippen LogP contribution in [0.15, 0.2) is 24.3 Å². The maximum atomic E-state index is 13.1. The first-order valence-electron chi connectivity index (χ1n) is 7.55. The molecule has 112 valence electrons. The molecule has 0 aromatic heterocycles. The number of fused-ring (bicyclic) bond motifs is 3. The molecule has 0 spiro atoms. The molecule has 0 radical (unpaired) electrons. The number of rotatable bonds is 3. The van der Waals surface area contributed by atoms with Gasteiger partial charge in [0.15, 0.2) is 0 Å². The smallest absolute Gasteiger partial charge is 0.123 e. The molecule has 0 N–H and O–H groups in total. The third kappa shape index (κ3) is 3.01. The lowest BCUT2D eigenvalue weighted by molar-refractivity contribution is 0.0507. The fourth-order valence-electron chi connectivity index (χ4n) is 4.46. The maximum Gasteiger partial charge on any atom is 0.123 e. The van der Waals surface area contributed by atoms with Crippen molar-refractivity contribution < 1.29 is 4.39 Å². The lowest BCUT2D eigenvalue weighted by Crippen LogP contribution is -2.43. The Morgan fingerprint density at radius 2 is 1.55 bits per heavy atom. The maximum absolute atomic E-state index is 13.1. The SMILES string of the molecule is CN(C)C[C@@H]1C2CCC(CC2)[C@@H]1c1ccc(F)cc1.Cl. The van der Waals surface area contributed by atoms with Gasteiger partial charge in [0.05, 0.1) is 0 Å². The zero-order chi connectivity index (χ0) is 13.4. The summed E-state index contributed by atoms with van der Waals surface area (Å²) in [4.78, 5) is 2.32. The molecule has 0 amide bonds. The summed E-state index contributed by atoms with van der Waals surface area (Å²) in [5, 5.41) is 0. The summed E-state index contributed by atoms with van der Waals surface area (Å²) in [6.45, 7) is 1.17. The normalized spacial score (nSPS) is 32.2. The van der Waals surface area contributed by atoms with Crippen molar-refractivity contribution in [3.63, 3.8) is 0 Å². The van der Waals surface area contributed by atoms with Crippen LogP contribution in [0.5, 0.6) is 0 Å². The highest BCUT2D eigenvalue weighted by Crippen LogP contribution is 2.53. The first-order valence-corrected chi connectivity index (χ1v) is 7.55. The highest BCUT2D eigenvalue weighted by atomic mass is 35.5. The summed E-state index contributed by atoms with van der Waals surface area (Å²) < 4.78 is 13.1. The van der Waals surface area contributed by atoms with Crippen LogP contribution >= 0.6 is 12.4 Å². The highest BCUT2D eigenvalue weighted by molar-refractivity contribution is 5.85. The van der Waals surface area contributed by atoms with E-state index in [2.05, 4.69) is 19.0 Å². The van der Waals surface area contributed by atoms with Crippen molar-refractivity contribution in [3.05, 3.63) is 35.6 Å². The minimum atomic E-state index is -0.117. The van der Waals surface area contributed by atoms with Gasteiger partial charge < -0.3 is 4.90 Å². The van der Waals surface area contributed by atoms with Gasteiger partial charge in [-0.2, -0.15) is 0 Å². The van der Waals surface area contributed by atoms with Gasteiger partial charge in [0.1, 0.15) is 5.82 Å². The van der Waals surface area contributed by atoms with Gasteiger partial charge in [0.2, 0.25) is 0 Å². The molecule has 4 rings (SSSR count). The standard InChI is InChI=1S/C17H24FN.ClH/c1-19(2)11-16-12-3-5-13(6-4-12)17(16)14-7-9-15(18)10-8-14;/h7-10,12-13,16-17H,3-6,11H2,1-2H3;1H/t12?,13?,16-,17-;/m1./s1. The number of benzene rings is 1. The van der Waals surface area contributed by atoms with Crippen LogP contribution in [0.4, 0.5) is 4.39 Å². The summed E-state index contributed by atoms with van der Waals surface area (Å²) >= 11 is 0. The van der Waals surface area contributed by atoms with Crippen LogP contribution in [0.25, 0.3) is 0 Å². The Morgan fingerprint density at radius 3 is 2.10 bits per heavy atom. The van der Waals surface area contributed by atoms with E-state index in [9.17, 15) is 4.39 Å². The second-order valence-electron chi connectivity index (χ2n) is 6.68. The third-order valence-corrected chi connectivity index (χ3v) is 5.22. The Bertz CT molecular complexity index is 423. The van der Waals surface area contributed by atoms with Crippen molar-refractivity contribution in [2.24, 2.45) is 17.8 Å². The lowest BCUT2D eigenvalue weighted by Gasteiger charge is -2.50. The largest absolute Gasteiger partial charge is 0.309 e. The van der Waals surface area contributed by atoms with Crippen molar-refractivity contribution in [2.75, 3.05) is 20.6 Å². The number of halogens is 2. The van der Waals surface area contributed by atoms with Gasteiger partial charge in [-0.15, -0.1) is 12.4 Å². The van der Waals surface area contributed by atoms with Crippen LogP contribution in [-0.2, 0) is 0 Å². The Kier molecular flexibility index (Phi) is 5.09. The van der Waals surface area contributed by atoms with E-state index in [1.54, 1.807) is 12.1 Å². The predicted octanol–water partition coefficient (Wildman–Crippen LogP) is 4.33. The van der Waals surface area contributed by atoms with Crippen molar-refractivity contribution in [3.8, 4) is 0 Å². The van der Waals surface area contributed by atoms with Gasteiger partial charge in [-0.25, -0.2) is 4.39 Å². The zero-order valence-corrected chi connectivity index (χ0v) is 13.2. The predicted molar refractivity (Wildman–Crippen MR) is 83.9 cm³/mol. The van der Waals surface area contributed by atoms with E-state index in [4.69, 9.17) is 0 Å². The lowest BCUT2D eigenvalue weighted by atomic mass is 9.57. The Morgan fingerprint density at radius 1 is 1.00 bits per heavy atom. The van der Waals surface area contributed by atoms with Crippen molar-refractivity contribution >= 4 is 12.4 Å². The number of hydrogen-bond donors (Lipinski definition) is 0. The van der Waals surface area contributed by atoms with Crippen molar-refractivity contribution in [1.29, 1.82) is 0 Å². The molecule has 0 unspecified atom stereocenters. The monoisotopic (exact) mass is 297 g/mol. The average Bonchev–Trinajstić information content (AvgIpc) is 2.41. The topological polar surface area (TPSA) is 3.24 Å². The molecular weight excluding hydrogens is 273 g/mol. The second-order valence-corrected chi connectivity index (χ2v) is 6.68. The Labute approximate surface area is 128 Å². The van der Waals surface area contributed by atoms with Crippen molar-refractivity contribution in [2.45, 2.75) is 31.6 Å². The van der Waals surface area contributed by atoms with Crippen LogP contribution in [0.2, 0.25) is 0 Å². The third-order valence-electron chi connectivity index (χ3n) is 5.22. The van der Waals surface area contributed by atoms with E-state index >= 15 is 0 Å². The molecule has 20 heavy (non-hydrogen) atoms. The molecule has 2 atom stereocenters. The Hall–Kier alpha value is -0.600. The minimum Gasteiger partial charge on any atom is -0.309 e. The van der Waals surface area contributed by atoms with Crippen LogP contribution in [0.1, 0.15) is 37.2 Å². The summed E-state index contributed by atoms with van der Waals surface area (Å²) in [6, 6.07) is 7.29. The molecule has 3 fully saturated rings. The first kappa shape index (κ1) is 15.8. The molecule has 1 aromatic carbocycles. The molecule has 0 saturated heterocycles. The molecule has 2 bridgehead atoms.